The van der Waals surface area contributed by atoms with E-state index in [9.17, 15) is 4.79 Å². The van der Waals surface area contributed by atoms with Crippen LogP contribution in [0.2, 0.25) is 0 Å². The second-order valence-corrected chi connectivity index (χ2v) is 4.37. The first-order chi connectivity index (χ1) is 7.27. The normalized spacial score (nSPS) is 32.5. The molecule has 2 fully saturated rings. The van der Waals surface area contributed by atoms with Gasteiger partial charge >= 0.3 is 0 Å². The number of amides is 1. The zero-order valence-corrected chi connectivity index (χ0v) is 8.60. The van der Waals surface area contributed by atoms with E-state index in [0.29, 0.717) is 23.6 Å². The lowest BCUT2D eigenvalue weighted by Gasteiger charge is -2.07. The average Bonchev–Trinajstić information content (AvgIpc) is 2.66. The van der Waals surface area contributed by atoms with Crippen molar-refractivity contribution in [1.29, 1.82) is 0 Å². The Hall–Kier alpha value is -1.36. The van der Waals surface area contributed by atoms with Crippen molar-refractivity contribution in [3.63, 3.8) is 0 Å². The molecule has 0 spiro atoms. The predicted octanol–water partition coefficient (Wildman–Crippen LogP) is -0.632. The molecule has 1 saturated carbocycles. The molecule has 2 atom stereocenters. The summed E-state index contributed by atoms with van der Waals surface area (Å²) in [6.07, 6.45) is 3.25. The number of nitrogens with one attached hydrogen (secondary N) is 2. The smallest absolute Gasteiger partial charge is 0.269 e. The summed E-state index contributed by atoms with van der Waals surface area (Å²) in [4.78, 5) is 15.7. The van der Waals surface area contributed by atoms with Crippen LogP contribution in [0.15, 0.2) is 12.5 Å². The van der Waals surface area contributed by atoms with Gasteiger partial charge in [0.05, 0.1) is 12.5 Å². The van der Waals surface area contributed by atoms with E-state index < -0.39 is 0 Å². The van der Waals surface area contributed by atoms with Crippen molar-refractivity contribution in [2.24, 2.45) is 18.9 Å². The van der Waals surface area contributed by atoms with Gasteiger partial charge in [0, 0.05) is 26.2 Å². The first-order valence-corrected chi connectivity index (χ1v) is 5.25. The molecule has 2 aliphatic rings. The number of aromatic nitrogens is 2. The van der Waals surface area contributed by atoms with Gasteiger partial charge in [-0.15, -0.1) is 0 Å². The summed E-state index contributed by atoms with van der Waals surface area (Å²) < 4.78 is 1.74. The number of carbonyl (C=O) groups excluding carboxylic acids is 1. The van der Waals surface area contributed by atoms with Crippen LogP contribution in [0.25, 0.3) is 0 Å². The van der Waals surface area contributed by atoms with Crippen LogP contribution >= 0.6 is 0 Å². The van der Waals surface area contributed by atoms with Crippen LogP contribution in [0.4, 0.5) is 0 Å². The predicted molar refractivity (Wildman–Crippen MR) is 54.3 cm³/mol. The fourth-order valence-corrected chi connectivity index (χ4v) is 2.43. The van der Waals surface area contributed by atoms with Gasteiger partial charge in [-0.3, -0.25) is 4.79 Å². The minimum atomic E-state index is -0.00519. The molecular formula is C10H14N4O. The van der Waals surface area contributed by atoms with Gasteiger partial charge in [0.1, 0.15) is 5.69 Å². The fraction of sp³-hybridized carbons (Fsp3) is 0.600. The van der Waals surface area contributed by atoms with Gasteiger partial charge in [0.2, 0.25) is 0 Å². The zero-order chi connectivity index (χ0) is 10.4. The van der Waals surface area contributed by atoms with E-state index in [4.69, 9.17) is 0 Å². The maximum atomic E-state index is 11.8. The SMILES string of the molecule is Cn1cncc1C(=O)NC1C2CNCC21. The van der Waals surface area contributed by atoms with Gasteiger partial charge in [0.25, 0.3) is 5.91 Å². The number of carbonyl (C=O) groups is 1. The summed E-state index contributed by atoms with van der Waals surface area (Å²) in [6.45, 7) is 2.09. The maximum absolute atomic E-state index is 11.8. The number of piperidine rings is 1. The van der Waals surface area contributed by atoms with E-state index in [-0.39, 0.29) is 5.91 Å². The van der Waals surface area contributed by atoms with Gasteiger partial charge in [0.15, 0.2) is 0 Å². The van der Waals surface area contributed by atoms with Crippen LogP contribution in [-0.4, -0.2) is 34.6 Å². The molecule has 2 heterocycles. The number of hydrogen-bond donors (Lipinski definition) is 2. The van der Waals surface area contributed by atoms with Gasteiger partial charge in [-0.2, -0.15) is 0 Å². The Morgan fingerprint density at radius 1 is 1.60 bits per heavy atom. The number of nitrogens with zero attached hydrogens (tertiary/aromatic N) is 2. The number of imidazole rings is 1. The highest BCUT2D eigenvalue weighted by Crippen LogP contribution is 2.41. The van der Waals surface area contributed by atoms with Crippen LogP contribution in [0, 0.1) is 11.8 Å². The number of aryl methyl sites for hydroxylation is 1. The zero-order valence-electron chi connectivity index (χ0n) is 8.60. The molecule has 0 aromatic carbocycles. The molecule has 3 rings (SSSR count). The Morgan fingerprint density at radius 3 is 2.93 bits per heavy atom. The van der Waals surface area contributed by atoms with Gasteiger partial charge in [-0.1, -0.05) is 0 Å². The minimum absolute atomic E-state index is 0.00519. The highest BCUT2D eigenvalue weighted by Gasteiger charge is 2.53. The molecule has 0 bridgehead atoms. The van der Waals surface area contributed by atoms with Crippen molar-refractivity contribution in [1.82, 2.24) is 20.2 Å². The van der Waals surface area contributed by atoms with Gasteiger partial charge in [-0.05, 0) is 11.8 Å². The van der Waals surface area contributed by atoms with Crippen molar-refractivity contribution in [2.75, 3.05) is 13.1 Å². The molecule has 1 aliphatic heterocycles. The standard InChI is InChI=1S/C10H14N4O/c1-14-5-12-4-8(14)10(15)13-9-6-2-11-3-7(6)9/h4-7,9,11H,2-3H2,1H3,(H,13,15). The third-order valence-corrected chi connectivity index (χ3v) is 3.44. The highest BCUT2D eigenvalue weighted by atomic mass is 16.2. The lowest BCUT2D eigenvalue weighted by molar-refractivity contribution is 0.0938. The van der Waals surface area contributed by atoms with Crippen LogP contribution in [0.3, 0.4) is 0 Å². The Bertz CT molecular complexity index is 390. The molecule has 2 unspecified atom stereocenters. The summed E-state index contributed by atoms with van der Waals surface area (Å²) in [6, 6.07) is 0.383. The number of hydrogen-bond acceptors (Lipinski definition) is 3. The van der Waals surface area contributed by atoms with Crippen molar-refractivity contribution in [3.8, 4) is 0 Å². The topological polar surface area (TPSA) is 59.0 Å². The van der Waals surface area contributed by atoms with Crippen molar-refractivity contribution in [2.45, 2.75) is 6.04 Å². The van der Waals surface area contributed by atoms with Crippen molar-refractivity contribution < 1.29 is 4.79 Å². The van der Waals surface area contributed by atoms with E-state index in [0.717, 1.165) is 13.1 Å². The number of fused-ring (bicyclic) bond motifs is 1. The molecule has 1 aliphatic carbocycles. The van der Waals surface area contributed by atoms with Crippen molar-refractivity contribution >= 4 is 5.91 Å². The Morgan fingerprint density at radius 2 is 2.33 bits per heavy atom. The largest absolute Gasteiger partial charge is 0.347 e. The summed E-state index contributed by atoms with van der Waals surface area (Å²) in [5, 5.41) is 6.36. The monoisotopic (exact) mass is 206 g/mol. The molecule has 5 nitrogen and oxygen atoms in total. The summed E-state index contributed by atoms with van der Waals surface area (Å²) in [7, 11) is 1.83. The second kappa shape index (κ2) is 3.06. The minimum Gasteiger partial charge on any atom is -0.347 e. The molecule has 15 heavy (non-hydrogen) atoms. The second-order valence-electron chi connectivity index (χ2n) is 4.37. The van der Waals surface area contributed by atoms with Crippen LogP contribution < -0.4 is 10.6 Å². The Kier molecular flexibility index (Phi) is 1.82. The molecule has 2 N–H and O–H groups in total. The van der Waals surface area contributed by atoms with E-state index in [2.05, 4.69) is 15.6 Å². The lowest BCUT2D eigenvalue weighted by Crippen LogP contribution is -2.33. The third-order valence-electron chi connectivity index (χ3n) is 3.44. The summed E-state index contributed by atoms with van der Waals surface area (Å²) >= 11 is 0. The first kappa shape index (κ1) is 8.91. The Labute approximate surface area is 87.9 Å². The molecule has 1 saturated heterocycles. The average molecular weight is 206 g/mol. The lowest BCUT2D eigenvalue weighted by atomic mass is 10.3. The van der Waals surface area contributed by atoms with Crippen LogP contribution in [-0.2, 0) is 7.05 Å². The summed E-state index contributed by atoms with van der Waals surface area (Å²) in [5.41, 5.74) is 0.632. The van der Waals surface area contributed by atoms with Crippen LogP contribution in [0.5, 0.6) is 0 Å². The molecule has 5 heteroatoms. The maximum Gasteiger partial charge on any atom is 0.269 e. The van der Waals surface area contributed by atoms with E-state index in [1.807, 2.05) is 7.05 Å². The molecule has 80 valence electrons. The van der Waals surface area contributed by atoms with E-state index >= 15 is 0 Å². The van der Waals surface area contributed by atoms with Gasteiger partial charge < -0.3 is 15.2 Å². The first-order valence-electron chi connectivity index (χ1n) is 5.25. The number of rotatable bonds is 2. The van der Waals surface area contributed by atoms with E-state index in [1.165, 1.54) is 0 Å². The van der Waals surface area contributed by atoms with Gasteiger partial charge in [-0.25, -0.2) is 4.98 Å². The van der Waals surface area contributed by atoms with Crippen LogP contribution in [0.1, 0.15) is 10.5 Å². The molecule has 1 aromatic rings. The molecular weight excluding hydrogens is 192 g/mol. The molecule has 1 aromatic heterocycles. The fourth-order valence-electron chi connectivity index (χ4n) is 2.43. The summed E-state index contributed by atoms with van der Waals surface area (Å²) in [5.74, 6) is 1.30. The quantitative estimate of drug-likeness (QED) is 0.677. The third kappa shape index (κ3) is 1.34. The molecule has 1 amide bonds. The Balaban J connectivity index is 1.65. The highest BCUT2D eigenvalue weighted by molar-refractivity contribution is 5.92. The van der Waals surface area contributed by atoms with Crippen molar-refractivity contribution in [3.05, 3.63) is 18.2 Å². The van der Waals surface area contributed by atoms with E-state index in [1.54, 1.807) is 17.1 Å². The molecule has 0 radical (unpaired) electrons.